The molecule has 25 heavy (non-hydrogen) atoms. The number of carbonyl (C=O) groups is 1. The average Bonchev–Trinajstić information content (AvgIpc) is 3.15. The Balaban J connectivity index is 1.49. The summed E-state index contributed by atoms with van der Waals surface area (Å²) in [6, 6.07) is 8.92. The highest BCUT2D eigenvalue weighted by molar-refractivity contribution is 6.06. The van der Waals surface area contributed by atoms with E-state index in [2.05, 4.69) is 10.4 Å². The molecule has 2 heterocycles. The van der Waals surface area contributed by atoms with Crippen molar-refractivity contribution in [2.24, 2.45) is 5.10 Å². The first-order chi connectivity index (χ1) is 12.1. The molecule has 0 bridgehead atoms. The monoisotopic (exact) mass is 343 g/mol. The lowest BCUT2D eigenvalue weighted by Crippen LogP contribution is -2.35. The van der Waals surface area contributed by atoms with Crippen LogP contribution in [-0.4, -0.2) is 41.1 Å². The minimum atomic E-state index is -0.813. The van der Waals surface area contributed by atoms with Gasteiger partial charge in [0.15, 0.2) is 12.0 Å². The van der Waals surface area contributed by atoms with Crippen molar-refractivity contribution in [1.82, 2.24) is 10.3 Å². The van der Waals surface area contributed by atoms with Gasteiger partial charge in [0, 0.05) is 18.7 Å². The summed E-state index contributed by atoms with van der Waals surface area (Å²) in [4.78, 5) is 11.9. The van der Waals surface area contributed by atoms with Crippen molar-refractivity contribution in [3.63, 3.8) is 0 Å². The second-order valence-corrected chi connectivity index (χ2v) is 5.51. The van der Waals surface area contributed by atoms with E-state index in [1.807, 2.05) is 0 Å². The van der Waals surface area contributed by atoms with E-state index in [1.54, 1.807) is 30.5 Å². The molecule has 1 atom stereocenters. The van der Waals surface area contributed by atoms with Crippen molar-refractivity contribution < 1.29 is 18.7 Å². The van der Waals surface area contributed by atoms with Crippen LogP contribution < -0.4 is 5.32 Å². The van der Waals surface area contributed by atoms with E-state index < -0.39 is 6.23 Å². The highest BCUT2D eigenvalue weighted by Crippen LogP contribution is 2.13. The average molecular weight is 343 g/mol. The molecule has 1 aromatic carbocycles. The Bertz CT molecular complexity index is 769. The number of hydrogen-bond acceptors (Lipinski definition) is 5. The van der Waals surface area contributed by atoms with E-state index in [0.717, 1.165) is 0 Å². The van der Waals surface area contributed by atoms with Crippen molar-refractivity contribution in [3.8, 4) is 0 Å². The van der Waals surface area contributed by atoms with Crippen LogP contribution in [0.2, 0.25) is 0 Å². The molecule has 1 aromatic heterocycles. The van der Waals surface area contributed by atoms with Crippen LogP contribution in [-0.2, 0) is 0 Å². The third kappa shape index (κ3) is 4.33. The molecule has 0 aliphatic carbocycles. The SMILES string of the molecule is O=C(NCCCN1N=C(c2ccco2)C=CC1O)c1ccc(F)cc1. The third-order valence-corrected chi connectivity index (χ3v) is 3.70. The molecular formula is C18H18FN3O3. The molecule has 1 unspecified atom stereocenters. The molecule has 0 radical (unpaired) electrons. The summed E-state index contributed by atoms with van der Waals surface area (Å²) in [5, 5.41) is 18.6. The van der Waals surface area contributed by atoms with Gasteiger partial charge in [-0.05, 0) is 55.0 Å². The largest absolute Gasteiger partial charge is 0.463 e. The van der Waals surface area contributed by atoms with E-state index in [4.69, 9.17) is 4.42 Å². The van der Waals surface area contributed by atoms with Crippen LogP contribution in [0.3, 0.4) is 0 Å². The van der Waals surface area contributed by atoms with Gasteiger partial charge in [-0.1, -0.05) is 0 Å². The first-order valence-corrected chi connectivity index (χ1v) is 7.92. The summed E-state index contributed by atoms with van der Waals surface area (Å²) in [7, 11) is 0. The van der Waals surface area contributed by atoms with Crippen LogP contribution in [0.25, 0.3) is 0 Å². The van der Waals surface area contributed by atoms with Gasteiger partial charge >= 0.3 is 0 Å². The maximum absolute atomic E-state index is 12.8. The first kappa shape index (κ1) is 16.9. The third-order valence-electron chi connectivity index (χ3n) is 3.70. The van der Waals surface area contributed by atoms with Gasteiger partial charge in [0.1, 0.15) is 11.5 Å². The molecule has 0 saturated heterocycles. The summed E-state index contributed by atoms with van der Waals surface area (Å²) in [6.07, 6.45) is 4.67. The number of aliphatic hydroxyl groups is 1. The number of carbonyl (C=O) groups excluding carboxylic acids is 1. The number of aliphatic hydroxyl groups excluding tert-OH is 1. The fraction of sp³-hybridized carbons (Fsp3) is 0.222. The summed E-state index contributed by atoms with van der Waals surface area (Å²) in [6.45, 7) is 0.869. The molecule has 1 aliphatic rings. The van der Waals surface area contributed by atoms with Crippen molar-refractivity contribution >= 4 is 11.6 Å². The number of hydrogen-bond donors (Lipinski definition) is 2. The molecule has 6 nitrogen and oxygen atoms in total. The van der Waals surface area contributed by atoms with E-state index in [-0.39, 0.29) is 11.7 Å². The van der Waals surface area contributed by atoms with Gasteiger partial charge in [-0.25, -0.2) is 4.39 Å². The normalized spacial score (nSPS) is 16.6. The predicted octanol–water partition coefficient (Wildman–Crippen LogP) is 2.13. The molecule has 130 valence electrons. The van der Waals surface area contributed by atoms with Gasteiger partial charge in [0.2, 0.25) is 0 Å². The molecule has 7 heteroatoms. The number of halogens is 1. The Morgan fingerprint density at radius 3 is 2.84 bits per heavy atom. The van der Waals surface area contributed by atoms with Crippen LogP contribution in [0.4, 0.5) is 4.39 Å². The van der Waals surface area contributed by atoms with Crippen LogP contribution in [0.5, 0.6) is 0 Å². The predicted molar refractivity (Wildman–Crippen MR) is 90.4 cm³/mol. The van der Waals surface area contributed by atoms with Crippen molar-refractivity contribution in [3.05, 3.63) is 72.0 Å². The van der Waals surface area contributed by atoms with Crippen LogP contribution in [0.1, 0.15) is 22.5 Å². The van der Waals surface area contributed by atoms with Crippen molar-refractivity contribution in [2.45, 2.75) is 12.6 Å². The number of furan rings is 1. The molecule has 0 spiro atoms. The molecule has 1 aliphatic heterocycles. The molecule has 0 saturated carbocycles. The number of rotatable bonds is 6. The highest BCUT2D eigenvalue weighted by atomic mass is 19.1. The van der Waals surface area contributed by atoms with Crippen LogP contribution in [0, 0.1) is 5.82 Å². The lowest BCUT2D eigenvalue weighted by atomic mass is 10.2. The summed E-state index contributed by atoms with van der Waals surface area (Å²) in [5.74, 6) is -0.0226. The second kappa shape index (κ2) is 7.76. The van der Waals surface area contributed by atoms with Gasteiger partial charge in [0.25, 0.3) is 5.91 Å². The number of benzene rings is 1. The minimum absolute atomic E-state index is 0.265. The van der Waals surface area contributed by atoms with Crippen molar-refractivity contribution in [2.75, 3.05) is 13.1 Å². The van der Waals surface area contributed by atoms with E-state index in [1.165, 1.54) is 29.3 Å². The second-order valence-electron chi connectivity index (χ2n) is 5.51. The van der Waals surface area contributed by atoms with Crippen LogP contribution in [0.15, 0.2) is 64.3 Å². The lowest BCUT2D eigenvalue weighted by molar-refractivity contribution is 0.0410. The topological polar surface area (TPSA) is 78.1 Å². The van der Waals surface area contributed by atoms with E-state index >= 15 is 0 Å². The summed E-state index contributed by atoms with van der Waals surface area (Å²) < 4.78 is 18.1. The first-order valence-electron chi connectivity index (χ1n) is 7.92. The molecule has 2 N–H and O–H groups in total. The lowest BCUT2D eigenvalue weighted by Gasteiger charge is -2.26. The Labute approximate surface area is 144 Å². The fourth-order valence-electron chi connectivity index (χ4n) is 2.39. The number of nitrogens with zero attached hydrogens (tertiary/aromatic N) is 2. The zero-order valence-electron chi connectivity index (χ0n) is 13.4. The number of allylic oxidation sites excluding steroid dienone is 1. The Morgan fingerprint density at radius 2 is 2.12 bits per heavy atom. The molecule has 2 aromatic rings. The van der Waals surface area contributed by atoms with Gasteiger partial charge in [0.05, 0.1) is 6.26 Å². The van der Waals surface area contributed by atoms with Gasteiger partial charge < -0.3 is 14.8 Å². The smallest absolute Gasteiger partial charge is 0.251 e. The van der Waals surface area contributed by atoms with Gasteiger partial charge in [-0.15, -0.1) is 0 Å². The van der Waals surface area contributed by atoms with Crippen LogP contribution >= 0.6 is 0 Å². The zero-order chi connectivity index (χ0) is 17.6. The Kier molecular flexibility index (Phi) is 5.25. The Hall–Kier alpha value is -2.93. The zero-order valence-corrected chi connectivity index (χ0v) is 13.4. The molecule has 1 amide bonds. The standard InChI is InChI=1S/C18H18FN3O3/c19-14-6-4-13(5-7-14)18(24)20-10-2-11-22-17(23)9-8-15(21-22)16-3-1-12-25-16/h1,3-9,12,17,23H,2,10-11H2,(H,20,24). The summed E-state index contributed by atoms with van der Waals surface area (Å²) >= 11 is 0. The Morgan fingerprint density at radius 1 is 1.32 bits per heavy atom. The maximum Gasteiger partial charge on any atom is 0.251 e. The highest BCUT2D eigenvalue weighted by Gasteiger charge is 2.17. The van der Waals surface area contributed by atoms with Gasteiger partial charge in [-0.3, -0.25) is 9.80 Å². The number of hydrazone groups is 1. The maximum atomic E-state index is 12.8. The number of nitrogens with one attached hydrogen (secondary N) is 1. The quantitative estimate of drug-likeness (QED) is 0.788. The molecule has 3 rings (SSSR count). The van der Waals surface area contributed by atoms with E-state index in [0.29, 0.717) is 36.5 Å². The fourth-order valence-corrected chi connectivity index (χ4v) is 2.39. The summed E-state index contributed by atoms with van der Waals surface area (Å²) in [5.41, 5.74) is 1.03. The molecule has 0 fully saturated rings. The minimum Gasteiger partial charge on any atom is -0.463 e. The van der Waals surface area contributed by atoms with Crippen molar-refractivity contribution in [1.29, 1.82) is 0 Å². The van der Waals surface area contributed by atoms with Gasteiger partial charge in [-0.2, -0.15) is 5.10 Å². The number of amides is 1. The van der Waals surface area contributed by atoms with E-state index in [9.17, 15) is 14.3 Å². The molecular weight excluding hydrogens is 325 g/mol.